The second-order valence-corrected chi connectivity index (χ2v) is 4.47. The van der Waals surface area contributed by atoms with E-state index in [2.05, 4.69) is 20.8 Å². The van der Waals surface area contributed by atoms with Crippen LogP contribution in [0.15, 0.2) is 0 Å². The zero-order valence-corrected chi connectivity index (χ0v) is 9.13. The van der Waals surface area contributed by atoms with Crippen molar-refractivity contribution in [2.45, 2.75) is 19.4 Å². The molecule has 0 bridgehead atoms. The number of anilines is 1. The van der Waals surface area contributed by atoms with Gasteiger partial charge in [0.2, 0.25) is 5.13 Å². The molecule has 1 aromatic rings. The minimum Gasteiger partial charge on any atom is -0.379 e. The van der Waals surface area contributed by atoms with E-state index < -0.39 is 0 Å². The van der Waals surface area contributed by atoms with Gasteiger partial charge in [-0.1, -0.05) is 11.3 Å². The van der Waals surface area contributed by atoms with Crippen LogP contribution in [0.3, 0.4) is 0 Å². The highest BCUT2D eigenvalue weighted by atomic mass is 32.1. The number of carbonyl (C=O) groups is 1. The summed E-state index contributed by atoms with van der Waals surface area (Å²) in [5.41, 5.74) is 0. The van der Waals surface area contributed by atoms with Crippen LogP contribution in [-0.2, 0) is 4.74 Å². The topological polar surface area (TPSA) is 76.1 Å². The first-order valence-corrected chi connectivity index (χ1v) is 5.51. The fraction of sp³-hybridized carbons (Fsp3) is 0.625. The van der Waals surface area contributed by atoms with Crippen molar-refractivity contribution < 1.29 is 9.53 Å². The van der Waals surface area contributed by atoms with Crippen LogP contribution in [0.4, 0.5) is 9.93 Å². The van der Waals surface area contributed by atoms with E-state index in [1.165, 1.54) is 11.3 Å². The lowest BCUT2D eigenvalue weighted by molar-refractivity contribution is 0.189. The Hall–Kier alpha value is -1.21. The normalized spacial score (nSPS) is 20.2. The van der Waals surface area contributed by atoms with Crippen LogP contribution in [0.25, 0.3) is 0 Å². The number of rotatable bonds is 2. The van der Waals surface area contributed by atoms with Crippen LogP contribution in [0.1, 0.15) is 11.4 Å². The molecule has 1 aliphatic rings. The van der Waals surface area contributed by atoms with Gasteiger partial charge >= 0.3 is 6.03 Å². The number of amides is 2. The van der Waals surface area contributed by atoms with Crippen LogP contribution >= 0.6 is 11.3 Å². The number of urea groups is 1. The monoisotopic (exact) mass is 228 g/mol. The van der Waals surface area contributed by atoms with Gasteiger partial charge in [0.1, 0.15) is 5.01 Å². The summed E-state index contributed by atoms with van der Waals surface area (Å²) >= 11 is 1.35. The van der Waals surface area contributed by atoms with Gasteiger partial charge in [0.05, 0.1) is 12.6 Å². The van der Waals surface area contributed by atoms with Gasteiger partial charge in [0, 0.05) is 6.61 Å². The highest BCUT2D eigenvalue weighted by molar-refractivity contribution is 7.15. The minimum absolute atomic E-state index is 0.110. The van der Waals surface area contributed by atoms with Crippen molar-refractivity contribution in [3.8, 4) is 0 Å². The van der Waals surface area contributed by atoms with Crippen molar-refractivity contribution in [2.24, 2.45) is 0 Å². The van der Waals surface area contributed by atoms with Crippen LogP contribution < -0.4 is 10.6 Å². The SMILES string of the molecule is Cc1nnc(NC(=O)NC2CCOC2)s1. The molecular weight excluding hydrogens is 216 g/mol. The van der Waals surface area contributed by atoms with E-state index in [-0.39, 0.29) is 12.1 Å². The zero-order valence-electron chi connectivity index (χ0n) is 8.32. The molecule has 1 fully saturated rings. The summed E-state index contributed by atoms with van der Waals surface area (Å²) in [6, 6.07) is -0.138. The summed E-state index contributed by atoms with van der Waals surface area (Å²) in [6.07, 6.45) is 0.864. The fourth-order valence-corrected chi connectivity index (χ4v) is 1.90. The minimum atomic E-state index is -0.248. The second kappa shape index (κ2) is 4.54. The first-order valence-electron chi connectivity index (χ1n) is 4.69. The van der Waals surface area contributed by atoms with Crippen molar-refractivity contribution in [1.82, 2.24) is 15.5 Å². The number of aromatic nitrogens is 2. The smallest absolute Gasteiger partial charge is 0.321 e. The Morgan fingerprint density at radius 2 is 2.47 bits per heavy atom. The van der Waals surface area contributed by atoms with Crippen molar-refractivity contribution in [3.05, 3.63) is 5.01 Å². The van der Waals surface area contributed by atoms with Gasteiger partial charge in [-0.3, -0.25) is 5.32 Å². The maximum absolute atomic E-state index is 11.4. The van der Waals surface area contributed by atoms with Gasteiger partial charge in [-0.2, -0.15) is 0 Å². The molecule has 15 heavy (non-hydrogen) atoms. The molecule has 0 saturated carbocycles. The molecule has 0 aliphatic carbocycles. The molecule has 1 aliphatic heterocycles. The molecule has 6 nitrogen and oxygen atoms in total. The van der Waals surface area contributed by atoms with Crippen molar-refractivity contribution in [3.63, 3.8) is 0 Å². The lowest BCUT2D eigenvalue weighted by atomic mass is 10.3. The average molecular weight is 228 g/mol. The molecule has 1 saturated heterocycles. The molecule has 2 heterocycles. The molecule has 2 amide bonds. The lowest BCUT2D eigenvalue weighted by Gasteiger charge is -2.09. The van der Waals surface area contributed by atoms with Crippen LogP contribution in [0.5, 0.6) is 0 Å². The van der Waals surface area contributed by atoms with Gasteiger partial charge < -0.3 is 10.1 Å². The first-order chi connectivity index (χ1) is 7.24. The Labute approximate surface area is 91.0 Å². The van der Waals surface area contributed by atoms with Crippen molar-refractivity contribution in [1.29, 1.82) is 0 Å². The van der Waals surface area contributed by atoms with E-state index >= 15 is 0 Å². The number of aryl methyl sites for hydroxylation is 1. The van der Waals surface area contributed by atoms with Gasteiger partial charge in [0.25, 0.3) is 0 Å². The van der Waals surface area contributed by atoms with E-state index in [4.69, 9.17) is 4.74 Å². The number of nitrogens with one attached hydrogen (secondary N) is 2. The maximum atomic E-state index is 11.4. The molecule has 2 N–H and O–H groups in total. The van der Waals surface area contributed by atoms with E-state index in [1.54, 1.807) is 0 Å². The third kappa shape index (κ3) is 2.87. The Kier molecular flexibility index (Phi) is 3.12. The van der Waals surface area contributed by atoms with E-state index in [0.29, 0.717) is 18.3 Å². The second-order valence-electron chi connectivity index (χ2n) is 3.29. The number of carbonyl (C=O) groups excluding carboxylic acids is 1. The molecule has 1 unspecified atom stereocenters. The van der Waals surface area contributed by atoms with Gasteiger partial charge in [-0.05, 0) is 13.3 Å². The zero-order chi connectivity index (χ0) is 10.7. The molecule has 2 rings (SSSR count). The third-order valence-corrected chi connectivity index (χ3v) is 2.77. The molecule has 0 aromatic carbocycles. The Balaban J connectivity index is 1.81. The predicted molar refractivity (Wildman–Crippen MR) is 56.0 cm³/mol. The summed E-state index contributed by atoms with van der Waals surface area (Å²) in [5, 5.41) is 14.4. The summed E-state index contributed by atoms with van der Waals surface area (Å²) in [4.78, 5) is 11.4. The number of ether oxygens (including phenoxy) is 1. The van der Waals surface area contributed by atoms with Gasteiger partial charge in [-0.15, -0.1) is 10.2 Å². The fourth-order valence-electron chi connectivity index (χ4n) is 1.31. The number of hydrogen-bond donors (Lipinski definition) is 2. The highest BCUT2D eigenvalue weighted by Gasteiger charge is 2.18. The molecule has 0 radical (unpaired) electrons. The summed E-state index contributed by atoms with van der Waals surface area (Å²) < 4.78 is 5.14. The predicted octanol–water partition coefficient (Wildman–Crippen LogP) is 0.757. The Bertz CT molecular complexity index is 348. The molecular formula is C8H12N4O2S. The summed E-state index contributed by atoms with van der Waals surface area (Å²) in [5.74, 6) is 0. The molecule has 7 heteroatoms. The standard InChI is InChI=1S/C8H12N4O2S/c1-5-11-12-8(15-5)10-7(13)9-6-2-3-14-4-6/h6H,2-4H2,1H3,(H2,9,10,12,13). The average Bonchev–Trinajstić information content (AvgIpc) is 2.77. The van der Waals surface area contributed by atoms with E-state index in [1.807, 2.05) is 6.92 Å². The Morgan fingerprint density at radius 1 is 1.60 bits per heavy atom. The van der Waals surface area contributed by atoms with Crippen LogP contribution in [0, 0.1) is 6.92 Å². The maximum Gasteiger partial charge on any atom is 0.321 e. The quantitative estimate of drug-likeness (QED) is 0.783. The molecule has 1 aromatic heterocycles. The number of hydrogen-bond acceptors (Lipinski definition) is 5. The van der Waals surface area contributed by atoms with Crippen LogP contribution in [-0.4, -0.2) is 35.5 Å². The Morgan fingerprint density at radius 3 is 3.07 bits per heavy atom. The third-order valence-electron chi connectivity index (χ3n) is 2.01. The summed E-state index contributed by atoms with van der Waals surface area (Å²) in [7, 11) is 0. The lowest BCUT2D eigenvalue weighted by Crippen LogP contribution is -2.38. The van der Waals surface area contributed by atoms with Crippen molar-refractivity contribution >= 4 is 22.5 Å². The molecule has 0 spiro atoms. The number of nitrogens with zero attached hydrogens (tertiary/aromatic N) is 2. The van der Waals surface area contributed by atoms with E-state index in [9.17, 15) is 4.79 Å². The van der Waals surface area contributed by atoms with Crippen molar-refractivity contribution in [2.75, 3.05) is 18.5 Å². The largest absolute Gasteiger partial charge is 0.379 e. The van der Waals surface area contributed by atoms with Crippen LogP contribution in [0.2, 0.25) is 0 Å². The molecule has 82 valence electrons. The summed E-state index contributed by atoms with van der Waals surface area (Å²) in [6.45, 7) is 3.14. The molecule has 1 atom stereocenters. The van der Waals surface area contributed by atoms with Gasteiger partial charge in [-0.25, -0.2) is 4.79 Å². The highest BCUT2D eigenvalue weighted by Crippen LogP contribution is 2.13. The van der Waals surface area contributed by atoms with Gasteiger partial charge in [0.15, 0.2) is 0 Å². The van der Waals surface area contributed by atoms with E-state index in [0.717, 1.165) is 11.4 Å². The first kappa shape index (κ1) is 10.3.